The predicted molar refractivity (Wildman–Crippen MR) is 96.2 cm³/mol. The summed E-state index contributed by atoms with van der Waals surface area (Å²) in [4.78, 5) is 24.9. The van der Waals surface area contributed by atoms with Gasteiger partial charge in [-0.25, -0.2) is 8.42 Å². The number of hydrogen-bond acceptors (Lipinski definition) is 4. The molecule has 128 valence electrons. The molecule has 0 bridgehead atoms. The highest BCUT2D eigenvalue weighted by atomic mass is 32.2. The monoisotopic (exact) mass is 363 g/mol. The van der Waals surface area contributed by atoms with Crippen molar-refractivity contribution < 1.29 is 18.0 Å². The van der Waals surface area contributed by atoms with E-state index >= 15 is 0 Å². The molecule has 0 spiro atoms. The number of nitrogens with one attached hydrogen (secondary N) is 1. The Morgan fingerprint density at radius 3 is 2.19 bits per heavy atom. The Kier molecular flexibility index (Phi) is 3.70. The van der Waals surface area contributed by atoms with Crippen molar-refractivity contribution in [2.45, 2.75) is 9.79 Å². The molecule has 6 heteroatoms. The van der Waals surface area contributed by atoms with Gasteiger partial charge in [0.1, 0.15) is 0 Å². The van der Waals surface area contributed by atoms with Gasteiger partial charge in [0, 0.05) is 22.4 Å². The molecule has 0 saturated heterocycles. The first kappa shape index (κ1) is 16.2. The van der Waals surface area contributed by atoms with Crippen LogP contribution in [0.5, 0.6) is 0 Å². The summed E-state index contributed by atoms with van der Waals surface area (Å²) in [6.45, 7) is 0. The minimum atomic E-state index is -3.86. The molecule has 0 saturated carbocycles. The van der Waals surface area contributed by atoms with E-state index in [1.807, 2.05) is 6.07 Å². The highest BCUT2D eigenvalue weighted by Gasteiger charge is 2.34. The number of ketones is 1. The van der Waals surface area contributed by atoms with Crippen molar-refractivity contribution in [2.24, 2.45) is 0 Å². The number of sulfone groups is 1. The van der Waals surface area contributed by atoms with Crippen molar-refractivity contribution in [1.82, 2.24) is 0 Å². The van der Waals surface area contributed by atoms with Crippen LogP contribution in [0, 0.1) is 0 Å². The Morgan fingerprint density at radius 2 is 1.42 bits per heavy atom. The molecule has 0 aliphatic carbocycles. The van der Waals surface area contributed by atoms with Gasteiger partial charge in [0.2, 0.25) is 9.84 Å². The van der Waals surface area contributed by atoms with Crippen molar-refractivity contribution in [3.8, 4) is 0 Å². The van der Waals surface area contributed by atoms with Crippen LogP contribution >= 0.6 is 0 Å². The Balaban J connectivity index is 1.79. The first-order valence-corrected chi connectivity index (χ1v) is 9.36. The van der Waals surface area contributed by atoms with Gasteiger partial charge in [-0.1, -0.05) is 30.3 Å². The van der Waals surface area contributed by atoms with Gasteiger partial charge in [0.05, 0.1) is 9.79 Å². The number of benzene rings is 3. The summed E-state index contributed by atoms with van der Waals surface area (Å²) >= 11 is 0. The molecule has 0 aromatic heterocycles. The zero-order valence-electron chi connectivity index (χ0n) is 13.5. The summed E-state index contributed by atoms with van der Waals surface area (Å²) in [7, 11) is -3.86. The predicted octanol–water partition coefficient (Wildman–Crippen LogP) is 3.32. The zero-order valence-corrected chi connectivity index (χ0v) is 14.3. The summed E-state index contributed by atoms with van der Waals surface area (Å²) in [5, 5.41) is 2.70. The van der Waals surface area contributed by atoms with E-state index in [0.717, 1.165) is 0 Å². The normalized spacial score (nSPS) is 14.2. The molecule has 26 heavy (non-hydrogen) atoms. The van der Waals surface area contributed by atoms with Crippen molar-refractivity contribution >= 4 is 27.2 Å². The fourth-order valence-corrected chi connectivity index (χ4v) is 4.63. The second-order valence-electron chi connectivity index (χ2n) is 5.86. The first-order valence-electron chi connectivity index (χ1n) is 7.88. The molecule has 1 N–H and O–H groups in total. The van der Waals surface area contributed by atoms with E-state index in [4.69, 9.17) is 0 Å². The number of carbonyl (C=O) groups excluding carboxylic acids is 2. The van der Waals surface area contributed by atoms with E-state index in [2.05, 4.69) is 5.32 Å². The van der Waals surface area contributed by atoms with Gasteiger partial charge in [-0.15, -0.1) is 0 Å². The Bertz CT molecular complexity index is 1150. The van der Waals surface area contributed by atoms with Gasteiger partial charge in [-0.2, -0.15) is 0 Å². The molecule has 1 amide bonds. The minimum Gasteiger partial charge on any atom is -0.322 e. The average Bonchev–Trinajstić information content (AvgIpc) is 2.67. The van der Waals surface area contributed by atoms with Gasteiger partial charge in [0.15, 0.2) is 5.78 Å². The number of rotatable bonds is 2. The fourth-order valence-electron chi connectivity index (χ4n) is 2.95. The third kappa shape index (κ3) is 2.51. The number of fused-ring (bicyclic) bond motifs is 2. The number of para-hydroxylation sites is 1. The molecular weight excluding hydrogens is 350 g/mol. The van der Waals surface area contributed by atoms with E-state index < -0.39 is 15.7 Å². The maximum atomic E-state index is 12.9. The molecule has 0 radical (unpaired) electrons. The van der Waals surface area contributed by atoms with Crippen LogP contribution < -0.4 is 5.32 Å². The third-order valence-corrected chi connectivity index (χ3v) is 6.08. The molecule has 0 unspecified atom stereocenters. The van der Waals surface area contributed by atoms with Crippen molar-refractivity contribution in [3.63, 3.8) is 0 Å². The molecule has 1 aliphatic rings. The maximum Gasteiger partial charge on any atom is 0.255 e. The second kappa shape index (κ2) is 5.93. The van der Waals surface area contributed by atoms with E-state index in [0.29, 0.717) is 5.69 Å². The van der Waals surface area contributed by atoms with E-state index in [9.17, 15) is 18.0 Å². The molecule has 4 rings (SSSR count). The van der Waals surface area contributed by atoms with Gasteiger partial charge in [-0.3, -0.25) is 9.59 Å². The smallest absolute Gasteiger partial charge is 0.255 e. The Morgan fingerprint density at radius 1 is 0.769 bits per heavy atom. The lowest BCUT2D eigenvalue weighted by Crippen LogP contribution is -2.21. The highest BCUT2D eigenvalue weighted by Crippen LogP contribution is 2.34. The molecule has 5 nitrogen and oxygen atoms in total. The summed E-state index contributed by atoms with van der Waals surface area (Å²) < 4.78 is 25.8. The fraction of sp³-hybridized carbons (Fsp3) is 0. The largest absolute Gasteiger partial charge is 0.322 e. The lowest BCUT2D eigenvalue weighted by molar-refractivity contribution is 0.101. The Labute approximate surface area is 150 Å². The zero-order chi connectivity index (χ0) is 18.3. The molecular formula is C20H13NO4S. The van der Waals surface area contributed by atoms with Crippen LogP contribution in [0.1, 0.15) is 26.3 Å². The standard InChI is InChI=1S/C20H13NO4S/c22-19-15-8-4-5-9-17(15)26(24,25)18-12-13(10-11-16(18)19)20(23)21-14-6-2-1-3-7-14/h1-12H,(H,21,23). The van der Waals surface area contributed by atoms with E-state index in [-0.39, 0.29) is 32.3 Å². The number of carbonyl (C=O) groups is 2. The van der Waals surface area contributed by atoms with E-state index in [1.165, 1.54) is 30.3 Å². The van der Waals surface area contributed by atoms with Crippen molar-refractivity contribution in [1.29, 1.82) is 0 Å². The molecule has 0 atom stereocenters. The highest BCUT2D eigenvalue weighted by molar-refractivity contribution is 7.91. The average molecular weight is 363 g/mol. The summed E-state index contributed by atoms with van der Waals surface area (Å²) in [5.41, 5.74) is 1.00. The third-order valence-electron chi connectivity index (χ3n) is 4.23. The van der Waals surface area contributed by atoms with E-state index in [1.54, 1.807) is 36.4 Å². The summed E-state index contributed by atoms with van der Waals surface area (Å²) in [6, 6.07) is 19.0. The van der Waals surface area contributed by atoms with Crippen LogP contribution in [0.25, 0.3) is 0 Å². The molecule has 3 aromatic carbocycles. The second-order valence-corrected chi connectivity index (χ2v) is 7.75. The van der Waals surface area contributed by atoms with Crippen LogP contribution in [0.15, 0.2) is 82.6 Å². The lowest BCUT2D eigenvalue weighted by Gasteiger charge is -2.19. The summed E-state index contributed by atoms with van der Waals surface area (Å²) in [5.74, 6) is -0.805. The van der Waals surface area contributed by atoms with Crippen molar-refractivity contribution in [3.05, 3.63) is 89.5 Å². The lowest BCUT2D eigenvalue weighted by atomic mass is 10.0. The number of hydrogen-bond donors (Lipinski definition) is 1. The van der Waals surface area contributed by atoms with Gasteiger partial charge < -0.3 is 5.32 Å². The summed E-state index contributed by atoms with van der Waals surface area (Å²) in [6.07, 6.45) is 0. The maximum absolute atomic E-state index is 12.9. The van der Waals surface area contributed by atoms with Crippen LogP contribution in [0.2, 0.25) is 0 Å². The van der Waals surface area contributed by atoms with Crippen molar-refractivity contribution in [2.75, 3.05) is 5.32 Å². The number of amides is 1. The van der Waals surface area contributed by atoms with Gasteiger partial charge >= 0.3 is 0 Å². The van der Waals surface area contributed by atoms with Crippen LogP contribution in [-0.2, 0) is 9.84 Å². The van der Waals surface area contributed by atoms with Crippen LogP contribution in [0.3, 0.4) is 0 Å². The van der Waals surface area contributed by atoms with Crippen LogP contribution in [0.4, 0.5) is 5.69 Å². The first-order chi connectivity index (χ1) is 12.5. The quantitative estimate of drug-likeness (QED) is 0.592. The van der Waals surface area contributed by atoms with Gasteiger partial charge in [-0.05, 0) is 42.5 Å². The Hall–Kier alpha value is -3.25. The molecule has 1 aliphatic heterocycles. The minimum absolute atomic E-state index is 0.0295. The SMILES string of the molecule is O=C(Nc1ccccc1)c1ccc2c(c1)S(=O)(=O)c1ccccc1C2=O. The molecule has 1 heterocycles. The van der Waals surface area contributed by atoms with Gasteiger partial charge in [0.25, 0.3) is 5.91 Å². The molecule has 0 fully saturated rings. The van der Waals surface area contributed by atoms with Crippen LogP contribution in [-0.4, -0.2) is 20.1 Å². The topological polar surface area (TPSA) is 80.3 Å². The molecule has 3 aromatic rings. The number of anilines is 1.